The van der Waals surface area contributed by atoms with E-state index in [1.807, 2.05) is 18.2 Å². The zero-order chi connectivity index (χ0) is 16.7. The number of anilines is 1. The number of hydrogen-bond donors (Lipinski definition) is 0. The number of benzene rings is 2. The summed E-state index contributed by atoms with van der Waals surface area (Å²) >= 11 is 0. The molecule has 0 radical (unpaired) electrons. The van der Waals surface area contributed by atoms with Crippen LogP contribution >= 0.6 is 0 Å². The Morgan fingerprint density at radius 2 is 1.96 bits per heavy atom. The molecule has 1 unspecified atom stereocenters. The minimum absolute atomic E-state index is 0.0393. The first-order valence-corrected chi connectivity index (χ1v) is 8.31. The van der Waals surface area contributed by atoms with Gasteiger partial charge in [-0.2, -0.15) is 0 Å². The van der Waals surface area contributed by atoms with E-state index in [1.165, 1.54) is 17.7 Å². The Morgan fingerprint density at radius 3 is 2.79 bits per heavy atom. The Labute approximate surface area is 140 Å². The zero-order valence-corrected chi connectivity index (χ0v) is 13.3. The fraction of sp³-hybridized carbons (Fsp3) is 0.316. The first kappa shape index (κ1) is 14.9. The van der Waals surface area contributed by atoms with Crippen LogP contribution in [0.5, 0.6) is 0 Å². The summed E-state index contributed by atoms with van der Waals surface area (Å²) in [6, 6.07) is 13.0. The highest BCUT2D eigenvalue weighted by Crippen LogP contribution is 2.38. The third-order valence-electron chi connectivity index (χ3n) is 5.11. The number of fused-ring (bicyclic) bond motifs is 2. The van der Waals surface area contributed by atoms with Crippen LogP contribution in [0.2, 0.25) is 0 Å². The van der Waals surface area contributed by atoms with E-state index in [0.717, 1.165) is 36.8 Å². The molecule has 0 aromatic heterocycles. The number of amides is 1. The average Bonchev–Trinajstić information content (AvgIpc) is 3.03. The van der Waals surface area contributed by atoms with Gasteiger partial charge in [0.2, 0.25) is 5.91 Å². The van der Waals surface area contributed by atoms with Crippen molar-refractivity contribution in [2.24, 2.45) is 0 Å². The van der Waals surface area contributed by atoms with E-state index < -0.39 is 4.92 Å². The molecule has 0 saturated carbocycles. The van der Waals surface area contributed by atoms with E-state index in [-0.39, 0.29) is 17.5 Å². The largest absolute Gasteiger partial charge is 0.311 e. The quantitative estimate of drug-likeness (QED) is 0.627. The summed E-state index contributed by atoms with van der Waals surface area (Å²) in [6.45, 7) is 0.605. The fourth-order valence-electron chi connectivity index (χ4n) is 3.91. The van der Waals surface area contributed by atoms with Crippen LogP contribution in [-0.4, -0.2) is 17.4 Å². The number of carbonyl (C=O) groups excluding carboxylic acids is 1. The summed E-state index contributed by atoms with van der Waals surface area (Å²) in [5.74, 6) is -0.0680. The van der Waals surface area contributed by atoms with Gasteiger partial charge in [0.15, 0.2) is 0 Å². The highest BCUT2D eigenvalue weighted by molar-refractivity contribution is 6.00. The van der Waals surface area contributed by atoms with E-state index >= 15 is 0 Å². The maximum atomic E-state index is 13.2. The van der Waals surface area contributed by atoms with Gasteiger partial charge in [-0.05, 0) is 42.4 Å². The maximum Gasteiger partial charge on any atom is 0.271 e. The summed E-state index contributed by atoms with van der Waals surface area (Å²) < 4.78 is 0. The predicted molar refractivity (Wildman–Crippen MR) is 91.3 cm³/mol. The molecule has 0 N–H and O–H groups in total. The minimum Gasteiger partial charge on any atom is -0.311 e. The molecule has 1 aliphatic carbocycles. The van der Waals surface area contributed by atoms with Gasteiger partial charge in [-0.25, -0.2) is 0 Å². The number of carbonyl (C=O) groups is 1. The summed E-state index contributed by atoms with van der Waals surface area (Å²) in [4.78, 5) is 25.5. The standard InChI is InChI=1S/C19H18N2O3/c22-19(17-7-3-5-13-4-1-2-6-16(13)17)20-11-10-14-8-9-15(21(23)24)12-18(14)20/h1-2,4,6,8-9,12,17H,3,5,7,10-11H2. The van der Waals surface area contributed by atoms with Crippen LogP contribution in [0.25, 0.3) is 0 Å². The van der Waals surface area contributed by atoms with Crippen LogP contribution in [0, 0.1) is 10.1 Å². The number of nitro benzene ring substituents is 1. The van der Waals surface area contributed by atoms with E-state index in [9.17, 15) is 14.9 Å². The molecule has 1 atom stereocenters. The van der Waals surface area contributed by atoms with Gasteiger partial charge in [-0.15, -0.1) is 0 Å². The van der Waals surface area contributed by atoms with Gasteiger partial charge < -0.3 is 4.90 Å². The summed E-state index contributed by atoms with van der Waals surface area (Å²) in [6.07, 6.45) is 3.62. The molecule has 2 aliphatic rings. The number of nitrogens with zero attached hydrogens (tertiary/aromatic N) is 2. The lowest BCUT2D eigenvalue weighted by Crippen LogP contribution is -2.35. The van der Waals surface area contributed by atoms with Crippen molar-refractivity contribution in [3.05, 3.63) is 69.3 Å². The maximum absolute atomic E-state index is 13.2. The van der Waals surface area contributed by atoms with Crippen molar-refractivity contribution in [1.29, 1.82) is 0 Å². The molecule has 0 bridgehead atoms. The van der Waals surface area contributed by atoms with E-state index in [2.05, 4.69) is 6.07 Å². The Kier molecular flexibility index (Phi) is 3.56. The van der Waals surface area contributed by atoms with Gasteiger partial charge in [-0.1, -0.05) is 30.3 Å². The molecule has 1 aliphatic heterocycles. The molecule has 2 aromatic carbocycles. The van der Waals surface area contributed by atoms with Crippen LogP contribution in [0.15, 0.2) is 42.5 Å². The summed E-state index contributed by atoms with van der Waals surface area (Å²) in [7, 11) is 0. The molecule has 0 saturated heterocycles. The lowest BCUT2D eigenvalue weighted by Gasteiger charge is -2.28. The molecule has 1 heterocycles. The number of aryl methyl sites for hydroxylation is 1. The molecule has 5 heteroatoms. The van der Waals surface area contributed by atoms with Crippen molar-refractivity contribution in [3.63, 3.8) is 0 Å². The molecular weight excluding hydrogens is 304 g/mol. The molecule has 24 heavy (non-hydrogen) atoms. The van der Waals surface area contributed by atoms with Crippen molar-refractivity contribution >= 4 is 17.3 Å². The Morgan fingerprint density at radius 1 is 1.12 bits per heavy atom. The van der Waals surface area contributed by atoms with Crippen molar-refractivity contribution in [1.82, 2.24) is 0 Å². The van der Waals surface area contributed by atoms with Gasteiger partial charge in [0.1, 0.15) is 0 Å². The molecule has 5 nitrogen and oxygen atoms in total. The van der Waals surface area contributed by atoms with Crippen molar-refractivity contribution in [2.75, 3.05) is 11.4 Å². The molecule has 1 amide bonds. The van der Waals surface area contributed by atoms with Gasteiger partial charge in [0.05, 0.1) is 16.5 Å². The average molecular weight is 322 g/mol. The van der Waals surface area contributed by atoms with Crippen molar-refractivity contribution in [3.8, 4) is 0 Å². The number of hydrogen-bond acceptors (Lipinski definition) is 3. The fourth-order valence-corrected chi connectivity index (χ4v) is 3.91. The second-order valence-electron chi connectivity index (χ2n) is 6.45. The van der Waals surface area contributed by atoms with Gasteiger partial charge in [0.25, 0.3) is 5.69 Å². The van der Waals surface area contributed by atoms with E-state index in [1.54, 1.807) is 11.0 Å². The topological polar surface area (TPSA) is 63.5 Å². The minimum atomic E-state index is -0.406. The normalized spacial score (nSPS) is 18.8. The monoisotopic (exact) mass is 322 g/mol. The molecular formula is C19H18N2O3. The third-order valence-corrected chi connectivity index (χ3v) is 5.11. The van der Waals surface area contributed by atoms with Crippen LogP contribution in [-0.2, 0) is 17.6 Å². The molecule has 0 fully saturated rings. The van der Waals surface area contributed by atoms with Crippen molar-refractivity contribution in [2.45, 2.75) is 31.6 Å². The summed E-state index contributed by atoms with van der Waals surface area (Å²) in [5.41, 5.74) is 4.13. The number of non-ortho nitro benzene ring substituents is 1. The molecule has 2 aromatic rings. The van der Waals surface area contributed by atoms with Crippen LogP contribution in [0.1, 0.15) is 35.4 Å². The molecule has 4 rings (SSSR count). The SMILES string of the molecule is O=C(C1CCCc2ccccc21)N1CCc2ccc([N+](=O)[O-])cc21. The third kappa shape index (κ3) is 2.37. The highest BCUT2D eigenvalue weighted by Gasteiger charge is 2.34. The number of nitro groups is 1. The van der Waals surface area contributed by atoms with Crippen LogP contribution in [0.3, 0.4) is 0 Å². The van der Waals surface area contributed by atoms with E-state index in [4.69, 9.17) is 0 Å². The Hall–Kier alpha value is -2.69. The zero-order valence-electron chi connectivity index (χ0n) is 13.3. The molecule has 122 valence electrons. The first-order chi connectivity index (χ1) is 11.6. The number of rotatable bonds is 2. The highest BCUT2D eigenvalue weighted by atomic mass is 16.6. The van der Waals surface area contributed by atoms with Crippen LogP contribution < -0.4 is 4.90 Å². The van der Waals surface area contributed by atoms with Crippen molar-refractivity contribution < 1.29 is 9.72 Å². The predicted octanol–water partition coefficient (Wildman–Crippen LogP) is 3.60. The Bertz CT molecular complexity index is 831. The Balaban J connectivity index is 1.69. The molecule has 0 spiro atoms. The second kappa shape index (κ2) is 5.74. The summed E-state index contributed by atoms with van der Waals surface area (Å²) in [5, 5.41) is 11.0. The smallest absolute Gasteiger partial charge is 0.271 e. The first-order valence-electron chi connectivity index (χ1n) is 8.31. The van der Waals surface area contributed by atoms with Crippen LogP contribution in [0.4, 0.5) is 11.4 Å². The second-order valence-corrected chi connectivity index (χ2v) is 6.45. The lowest BCUT2D eigenvalue weighted by molar-refractivity contribution is -0.384. The van der Waals surface area contributed by atoms with Gasteiger partial charge in [0, 0.05) is 18.7 Å². The van der Waals surface area contributed by atoms with Gasteiger partial charge in [-0.3, -0.25) is 14.9 Å². The lowest BCUT2D eigenvalue weighted by atomic mass is 9.82. The van der Waals surface area contributed by atoms with Gasteiger partial charge >= 0.3 is 0 Å². The van der Waals surface area contributed by atoms with E-state index in [0.29, 0.717) is 12.2 Å².